The summed E-state index contributed by atoms with van der Waals surface area (Å²) in [6.07, 6.45) is 2.38. The molecule has 0 saturated heterocycles. The van der Waals surface area contributed by atoms with E-state index in [1.165, 1.54) is 13.8 Å². The molecule has 0 amide bonds. The molecule has 0 saturated carbocycles. The van der Waals surface area contributed by atoms with Gasteiger partial charge in [0.05, 0.1) is 11.5 Å². The molecule has 0 aromatic heterocycles. The monoisotopic (exact) mass is 356 g/mol. The highest BCUT2D eigenvalue weighted by Crippen LogP contribution is 2.02. The van der Waals surface area contributed by atoms with Crippen LogP contribution < -0.4 is 0 Å². The van der Waals surface area contributed by atoms with Gasteiger partial charge >= 0.3 is 20.2 Å². The van der Waals surface area contributed by atoms with E-state index in [9.17, 15) is 16.8 Å². The van der Waals surface area contributed by atoms with Gasteiger partial charge < -0.3 is 0 Å². The average molecular weight is 356 g/mol. The number of oxime groups is 2. The van der Waals surface area contributed by atoms with Crippen molar-refractivity contribution >= 4 is 31.7 Å². The van der Waals surface area contributed by atoms with Crippen molar-refractivity contribution < 1.29 is 25.4 Å². The molecule has 0 spiro atoms. The number of rotatable bonds is 11. The normalized spacial score (nSPS) is 14.0. The third-order valence-electron chi connectivity index (χ3n) is 2.59. The van der Waals surface area contributed by atoms with E-state index in [4.69, 9.17) is 0 Å². The molecule has 130 valence electrons. The van der Waals surface area contributed by atoms with Crippen molar-refractivity contribution in [1.29, 1.82) is 0 Å². The zero-order valence-corrected chi connectivity index (χ0v) is 15.0. The molecular weight excluding hydrogens is 332 g/mol. The first kappa shape index (κ1) is 20.8. The first-order chi connectivity index (χ1) is 10.1. The smallest absolute Gasteiger partial charge is 0.268 e. The minimum atomic E-state index is -3.73. The zero-order valence-electron chi connectivity index (χ0n) is 13.4. The minimum Gasteiger partial charge on any atom is -0.268 e. The highest BCUT2D eigenvalue weighted by molar-refractivity contribution is 7.86. The molecule has 0 unspecified atom stereocenters. The van der Waals surface area contributed by atoms with Crippen LogP contribution in [-0.4, -0.2) is 39.8 Å². The van der Waals surface area contributed by atoms with Crippen LogP contribution in [0, 0.1) is 0 Å². The Morgan fingerprint density at radius 1 is 0.773 bits per heavy atom. The summed E-state index contributed by atoms with van der Waals surface area (Å²) in [5, 5.41) is 6.87. The molecule has 0 bridgehead atoms. The molecule has 22 heavy (non-hydrogen) atoms. The maximum Gasteiger partial charge on any atom is 0.328 e. The Kier molecular flexibility index (Phi) is 9.26. The fourth-order valence-electron chi connectivity index (χ4n) is 1.07. The van der Waals surface area contributed by atoms with Gasteiger partial charge in [0.25, 0.3) is 0 Å². The molecule has 0 heterocycles. The van der Waals surface area contributed by atoms with Crippen molar-refractivity contribution in [2.24, 2.45) is 10.3 Å². The highest BCUT2D eigenvalue weighted by Gasteiger charge is 2.13. The maximum absolute atomic E-state index is 11.5. The van der Waals surface area contributed by atoms with E-state index < -0.39 is 20.2 Å². The molecule has 0 aromatic carbocycles. The Morgan fingerprint density at radius 3 is 1.36 bits per heavy atom. The van der Waals surface area contributed by atoms with E-state index in [1.54, 1.807) is 0 Å². The fraction of sp³-hybridized carbons (Fsp3) is 0.833. The van der Waals surface area contributed by atoms with Crippen LogP contribution in [-0.2, 0) is 28.8 Å². The van der Waals surface area contributed by atoms with E-state index in [0.29, 0.717) is 12.8 Å². The lowest BCUT2D eigenvalue weighted by Crippen LogP contribution is -2.14. The molecule has 0 aliphatic rings. The molecule has 8 nitrogen and oxygen atoms in total. The summed E-state index contributed by atoms with van der Waals surface area (Å²) in [7, 11) is -7.46. The highest BCUT2D eigenvalue weighted by atomic mass is 32.2. The quantitative estimate of drug-likeness (QED) is 0.413. The molecular formula is C12H24N2O6S2. The Balaban J connectivity index is 4.67. The number of hydrogen-bond donors (Lipinski definition) is 0. The fourth-order valence-corrected chi connectivity index (χ4v) is 2.96. The topological polar surface area (TPSA) is 111 Å². The molecule has 0 radical (unpaired) electrons. The minimum absolute atomic E-state index is 0.116. The van der Waals surface area contributed by atoms with Crippen LogP contribution >= 0.6 is 0 Å². The van der Waals surface area contributed by atoms with Gasteiger partial charge in [-0.3, -0.25) is 8.57 Å². The number of hydrogen-bond acceptors (Lipinski definition) is 8. The van der Waals surface area contributed by atoms with Gasteiger partial charge in [-0.05, 0) is 26.7 Å². The van der Waals surface area contributed by atoms with Gasteiger partial charge in [-0.2, -0.15) is 16.8 Å². The summed E-state index contributed by atoms with van der Waals surface area (Å²) in [6.45, 7) is 6.60. The van der Waals surface area contributed by atoms with Crippen LogP contribution in [0.2, 0.25) is 0 Å². The van der Waals surface area contributed by atoms with E-state index in [2.05, 4.69) is 18.9 Å². The summed E-state index contributed by atoms with van der Waals surface area (Å²) in [5.41, 5.74) is 0.233. The van der Waals surface area contributed by atoms with Crippen LogP contribution in [0.15, 0.2) is 10.3 Å². The average Bonchev–Trinajstić information content (AvgIpc) is 2.46. The zero-order chi connectivity index (χ0) is 17.2. The SMILES string of the molecule is CCCCS(=O)(=O)O/N=C(C)/C(C)=N/OS(=O)(=O)CCCC. The van der Waals surface area contributed by atoms with E-state index >= 15 is 0 Å². The van der Waals surface area contributed by atoms with E-state index in [0.717, 1.165) is 12.8 Å². The van der Waals surface area contributed by atoms with Gasteiger partial charge in [0, 0.05) is 0 Å². The predicted octanol–water partition coefficient (Wildman–Crippen LogP) is 2.03. The van der Waals surface area contributed by atoms with Crippen molar-refractivity contribution in [3.63, 3.8) is 0 Å². The largest absolute Gasteiger partial charge is 0.328 e. The second-order valence-electron chi connectivity index (χ2n) is 4.73. The molecule has 10 heteroatoms. The Labute approximate surface area is 132 Å². The lowest BCUT2D eigenvalue weighted by molar-refractivity contribution is 0.333. The van der Waals surface area contributed by atoms with Crippen molar-refractivity contribution in [3.05, 3.63) is 0 Å². The Bertz CT molecular complexity index is 539. The Hall–Kier alpha value is -1.16. The molecule has 0 aliphatic carbocycles. The Morgan fingerprint density at radius 2 is 1.09 bits per heavy atom. The molecule has 0 atom stereocenters. The van der Waals surface area contributed by atoms with Gasteiger partial charge in [0.1, 0.15) is 11.4 Å². The summed E-state index contributed by atoms with van der Waals surface area (Å²) in [5.74, 6) is -0.253. The third-order valence-corrected chi connectivity index (χ3v) is 4.78. The standard InChI is InChI=1S/C12H24N2O6S2/c1-5-7-9-21(15,16)19-13-11(3)12(4)14-20-22(17,18)10-8-6-2/h5-10H2,1-4H3/b13-11+,14-12+. The van der Waals surface area contributed by atoms with Crippen molar-refractivity contribution in [1.82, 2.24) is 0 Å². The number of unbranched alkanes of at least 4 members (excludes halogenated alkanes) is 2. The van der Waals surface area contributed by atoms with Crippen molar-refractivity contribution in [2.75, 3.05) is 11.5 Å². The summed E-state index contributed by atoms with van der Waals surface area (Å²) in [4.78, 5) is 0. The summed E-state index contributed by atoms with van der Waals surface area (Å²) in [6, 6.07) is 0. The van der Waals surface area contributed by atoms with Crippen molar-refractivity contribution in [2.45, 2.75) is 53.4 Å². The van der Waals surface area contributed by atoms with Crippen LogP contribution in [0.1, 0.15) is 53.4 Å². The van der Waals surface area contributed by atoms with Gasteiger partial charge in [0.2, 0.25) is 0 Å². The molecule has 0 fully saturated rings. The third kappa shape index (κ3) is 9.72. The van der Waals surface area contributed by atoms with Gasteiger partial charge in [-0.25, -0.2) is 0 Å². The summed E-state index contributed by atoms with van der Waals surface area (Å²) < 4.78 is 54.8. The van der Waals surface area contributed by atoms with Crippen LogP contribution in [0.5, 0.6) is 0 Å². The predicted molar refractivity (Wildman–Crippen MR) is 85.8 cm³/mol. The number of nitrogens with zero attached hydrogens (tertiary/aromatic N) is 2. The second kappa shape index (κ2) is 9.78. The first-order valence-electron chi connectivity index (χ1n) is 7.05. The van der Waals surface area contributed by atoms with Crippen LogP contribution in [0.4, 0.5) is 0 Å². The van der Waals surface area contributed by atoms with Gasteiger partial charge in [-0.1, -0.05) is 37.0 Å². The van der Waals surface area contributed by atoms with E-state index in [-0.39, 0.29) is 22.9 Å². The lowest BCUT2D eigenvalue weighted by Gasteiger charge is -2.03. The van der Waals surface area contributed by atoms with Gasteiger partial charge in [0.15, 0.2) is 0 Å². The van der Waals surface area contributed by atoms with Crippen molar-refractivity contribution in [3.8, 4) is 0 Å². The van der Waals surface area contributed by atoms with Gasteiger partial charge in [-0.15, -0.1) is 0 Å². The van der Waals surface area contributed by atoms with Crippen LogP contribution in [0.3, 0.4) is 0 Å². The maximum atomic E-state index is 11.5. The molecule has 0 rings (SSSR count). The first-order valence-corrected chi connectivity index (χ1v) is 10.2. The van der Waals surface area contributed by atoms with Crippen LogP contribution in [0.25, 0.3) is 0 Å². The van der Waals surface area contributed by atoms with E-state index in [1.807, 2.05) is 13.8 Å². The molecule has 0 aliphatic heterocycles. The second-order valence-corrected chi connectivity index (χ2v) is 8.08. The summed E-state index contributed by atoms with van der Waals surface area (Å²) >= 11 is 0. The lowest BCUT2D eigenvalue weighted by atomic mass is 10.3. The molecule has 0 aromatic rings. The molecule has 0 N–H and O–H groups in total.